The highest BCUT2D eigenvalue weighted by molar-refractivity contribution is 5.85. The van der Waals surface area contributed by atoms with Crippen LogP contribution in [-0.2, 0) is 0 Å². The van der Waals surface area contributed by atoms with Crippen LogP contribution in [0.1, 0.15) is 17.4 Å². The van der Waals surface area contributed by atoms with Crippen molar-refractivity contribution in [3.8, 4) is 0 Å². The minimum absolute atomic E-state index is 0.0529. The Hall–Kier alpha value is -2.43. The van der Waals surface area contributed by atoms with E-state index in [9.17, 15) is 4.79 Å². The number of para-hydroxylation sites is 1. The van der Waals surface area contributed by atoms with Crippen LogP contribution in [0, 0.1) is 0 Å². The fourth-order valence-electron chi connectivity index (χ4n) is 1.67. The van der Waals surface area contributed by atoms with Crippen LogP contribution in [0.3, 0.4) is 0 Å². The van der Waals surface area contributed by atoms with Gasteiger partial charge in [0, 0.05) is 12.2 Å². The number of benzene rings is 1. The van der Waals surface area contributed by atoms with E-state index in [1.807, 2.05) is 42.2 Å². The predicted molar refractivity (Wildman–Crippen MR) is 68.1 cm³/mol. The number of nitrogens with zero attached hydrogens (tertiary/aromatic N) is 3. The zero-order valence-electron chi connectivity index (χ0n) is 9.95. The zero-order chi connectivity index (χ0) is 13.0. The molecule has 1 N–H and O–H groups in total. The van der Waals surface area contributed by atoms with Gasteiger partial charge in [0.2, 0.25) is 0 Å². The van der Waals surface area contributed by atoms with E-state index in [4.69, 9.17) is 5.11 Å². The van der Waals surface area contributed by atoms with Crippen molar-refractivity contribution in [2.75, 3.05) is 11.4 Å². The minimum Gasteiger partial charge on any atom is -0.476 e. The second-order valence-electron chi connectivity index (χ2n) is 3.66. The zero-order valence-corrected chi connectivity index (χ0v) is 9.95. The van der Waals surface area contributed by atoms with Crippen molar-refractivity contribution in [2.24, 2.45) is 0 Å². The number of aromatic nitrogens is 2. The van der Waals surface area contributed by atoms with E-state index in [0.29, 0.717) is 5.82 Å². The summed E-state index contributed by atoms with van der Waals surface area (Å²) in [5.41, 5.74) is 0.945. The fraction of sp³-hybridized carbons (Fsp3) is 0.154. The lowest BCUT2D eigenvalue weighted by Crippen LogP contribution is -2.18. The number of hydrogen-bond donors (Lipinski definition) is 1. The number of carboxylic acid groups (broad SMARTS) is 1. The highest BCUT2D eigenvalue weighted by Crippen LogP contribution is 2.21. The Kier molecular flexibility index (Phi) is 3.52. The van der Waals surface area contributed by atoms with Gasteiger partial charge in [0.1, 0.15) is 0 Å². The van der Waals surface area contributed by atoms with Gasteiger partial charge in [-0.3, -0.25) is 0 Å². The molecule has 0 atom stereocenters. The second-order valence-corrected chi connectivity index (χ2v) is 3.66. The summed E-state index contributed by atoms with van der Waals surface area (Å²) in [5.74, 6) is -0.439. The SMILES string of the molecule is CCN(c1ccccc1)c1ccc(C(=O)O)nn1. The molecule has 0 aliphatic heterocycles. The van der Waals surface area contributed by atoms with Crippen LogP contribution >= 0.6 is 0 Å². The van der Waals surface area contributed by atoms with Crippen molar-refractivity contribution in [2.45, 2.75) is 6.92 Å². The van der Waals surface area contributed by atoms with E-state index in [0.717, 1.165) is 12.2 Å². The third-order valence-electron chi connectivity index (χ3n) is 2.53. The van der Waals surface area contributed by atoms with Crippen molar-refractivity contribution >= 4 is 17.5 Å². The predicted octanol–water partition coefficient (Wildman–Crippen LogP) is 2.33. The summed E-state index contributed by atoms with van der Waals surface area (Å²) in [4.78, 5) is 12.7. The normalized spacial score (nSPS) is 10.1. The minimum atomic E-state index is -1.07. The largest absolute Gasteiger partial charge is 0.476 e. The van der Waals surface area contributed by atoms with Crippen molar-refractivity contribution in [1.82, 2.24) is 10.2 Å². The van der Waals surface area contributed by atoms with E-state index < -0.39 is 5.97 Å². The lowest BCUT2D eigenvalue weighted by molar-refractivity contribution is 0.0689. The molecule has 1 heterocycles. The van der Waals surface area contributed by atoms with Crippen LogP contribution in [0.25, 0.3) is 0 Å². The van der Waals surface area contributed by atoms with Crippen LogP contribution in [0.15, 0.2) is 42.5 Å². The highest BCUT2D eigenvalue weighted by atomic mass is 16.4. The summed E-state index contributed by atoms with van der Waals surface area (Å²) in [5, 5.41) is 16.4. The van der Waals surface area contributed by atoms with Crippen LogP contribution in [-0.4, -0.2) is 27.8 Å². The molecule has 2 rings (SSSR count). The Balaban J connectivity index is 2.31. The Morgan fingerprint density at radius 1 is 1.17 bits per heavy atom. The van der Waals surface area contributed by atoms with E-state index in [-0.39, 0.29) is 5.69 Å². The van der Waals surface area contributed by atoms with Gasteiger partial charge >= 0.3 is 5.97 Å². The maximum absolute atomic E-state index is 10.7. The maximum Gasteiger partial charge on any atom is 0.356 e. The Morgan fingerprint density at radius 3 is 2.39 bits per heavy atom. The first-order valence-electron chi connectivity index (χ1n) is 5.62. The molecule has 0 aliphatic carbocycles. The average Bonchev–Trinajstić information content (AvgIpc) is 2.41. The quantitative estimate of drug-likeness (QED) is 0.892. The van der Waals surface area contributed by atoms with Crippen LogP contribution in [0.5, 0.6) is 0 Å². The lowest BCUT2D eigenvalue weighted by atomic mass is 10.3. The molecule has 0 amide bonds. The standard InChI is InChI=1S/C13H13N3O2/c1-2-16(10-6-4-3-5-7-10)12-9-8-11(13(17)18)14-15-12/h3-9H,2H2,1H3,(H,17,18). The molecule has 18 heavy (non-hydrogen) atoms. The van der Waals surface area contributed by atoms with Gasteiger partial charge in [0.25, 0.3) is 0 Å². The van der Waals surface area contributed by atoms with E-state index >= 15 is 0 Å². The summed E-state index contributed by atoms with van der Waals surface area (Å²) in [7, 11) is 0. The number of aromatic carboxylic acids is 1. The molecule has 0 bridgehead atoms. The van der Waals surface area contributed by atoms with Crippen molar-refractivity contribution in [1.29, 1.82) is 0 Å². The van der Waals surface area contributed by atoms with Crippen LogP contribution in [0.2, 0.25) is 0 Å². The highest BCUT2D eigenvalue weighted by Gasteiger charge is 2.10. The van der Waals surface area contributed by atoms with Gasteiger partial charge in [-0.25, -0.2) is 4.79 Å². The Morgan fingerprint density at radius 2 is 1.89 bits per heavy atom. The average molecular weight is 243 g/mol. The van der Waals surface area contributed by atoms with E-state index in [1.165, 1.54) is 6.07 Å². The summed E-state index contributed by atoms with van der Waals surface area (Å²) in [6.07, 6.45) is 0. The first kappa shape index (κ1) is 12.0. The molecule has 5 heteroatoms. The molecule has 2 aromatic rings. The Bertz CT molecular complexity index is 526. The topological polar surface area (TPSA) is 66.3 Å². The molecule has 1 aromatic carbocycles. The first-order chi connectivity index (χ1) is 8.72. The van der Waals surface area contributed by atoms with Crippen LogP contribution in [0.4, 0.5) is 11.5 Å². The lowest BCUT2D eigenvalue weighted by Gasteiger charge is -2.21. The van der Waals surface area contributed by atoms with Gasteiger partial charge in [-0.1, -0.05) is 18.2 Å². The summed E-state index contributed by atoms with van der Waals surface area (Å²) in [6.45, 7) is 2.73. The molecule has 0 fully saturated rings. The van der Waals surface area contributed by atoms with E-state index in [2.05, 4.69) is 10.2 Å². The van der Waals surface area contributed by atoms with Gasteiger partial charge in [0.15, 0.2) is 11.5 Å². The van der Waals surface area contributed by atoms with Crippen molar-refractivity contribution in [3.05, 3.63) is 48.2 Å². The number of rotatable bonds is 4. The first-order valence-corrected chi connectivity index (χ1v) is 5.62. The molecule has 0 spiro atoms. The van der Waals surface area contributed by atoms with Gasteiger partial charge in [-0.15, -0.1) is 10.2 Å². The third-order valence-corrected chi connectivity index (χ3v) is 2.53. The molecule has 0 aliphatic rings. The molecule has 92 valence electrons. The number of carboxylic acids is 1. The monoisotopic (exact) mass is 243 g/mol. The fourth-order valence-corrected chi connectivity index (χ4v) is 1.67. The Labute approximate surface area is 105 Å². The second kappa shape index (κ2) is 5.27. The molecular formula is C13H13N3O2. The molecule has 5 nitrogen and oxygen atoms in total. The number of hydrogen-bond acceptors (Lipinski definition) is 4. The van der Waals surface area contributed by atoms with Gasteiger partial charge < -0.3 is 10.0 Å². The molecule has 0 radical (unpaired) electrons. The molecular weight excluding hydrogens is 230 g/mol. The van der Waals surface area contributed by atoms with Crippen molar-refractivity contribution < 1.29 is 9.90 Å². The molecule has 0 saturated heterocycles. The summed E-state index contributed by atoms with van der Waals surface area (Å²) < 4.78 is 0. The molecule has 0 saturated carbocycles. The molecule has 0 unspecified atom stereocenters. The van der Waals surface area contributed by atoms with Crippen LogP contribution < -0.4 is 4.90 Å². The van der Waals surface area contributed by atoms with Gasteiger partial charge in [-0.05, 0) is 31.2 Å². The summed E-state index contributed by atoms with van der Waals surface area (Å²) >= 11 is 0. The van der Waals surface area contributed by atoms with Gasteiger partial charge in [-0.2, -0.15) is 0 Å². The summed E-state index contributed by atoms with van der Waals surface area (Å²) in [6, 6.07) is 12.9. The molecule has 1 aromatic heterocycles. The number of anilines is 2. The van der Waals surface area contributed by atoms with Crippen molar-refractivity contribution in [3.63, 3.8) is 0 Å². The third kappa shape index (κ3) is 2.45. The van der Waals surface area contributed by atoms with E-state index in [1.54, 1.807) is 6.07 Å². The smallest absolute Gasteiger partial charge is 0.356 e. The number of carbonyl (C=O) groups is 1. The van der Waals surface area contributed by atoms with Gasteiger partial charge in [0.05, 0.1) is 0 Å². The maximum atomic E-state index is 10.7.